The number of carbonyl (C=O) groups excluding carboxylic acids is 3. The zero-order valence-corrected chi connectivity index (χ0v) is 16.1. The Kier molecular flexibility index (Phi) is 5.71. The molecule has 146 valence electrons. The summed E-state index contributed by atoms with van der Waals surface area (Å²) in [6.07, 6.45) is 1.67. The number of hydrogen-bond donors (Lipinski definition) is 2. The summed E-state index contributed by atoms with van der Waals surface area (Å²) in [4.78, 5) is 37.6. The Morgan fingerprint density at radius 1 is 1.26 bits per heavy atom. The van der Waals surface area contributed by atoms with Crippen LogP contribution in [-0.2, 0) is 19.4 Å². The minimum Gasteiger partial charge on any atom is -0.311 e. The van der Waals surface area contributed by atoms with Gasteiger partial charge in [-0.25, -0.2) is 8.42 Å². The third kappa shape index (κ3) is 4.78. The van der Waals surface area contributed by atoms with Crippen LogP contribution < -0.4 is 15.8 Å². The molecule has 3 rings (SSSR count). The molecule has 0 aliphatic carbocycles. The van der Waals surface area contributed by atoms with Crippen molar-refractivity contribution in [3.05, 3.63) is 28.8 Å². The molecule has 0 unspecified atom stereocenters. The summed E-state index contributed by atoms with van der Waals surface area (Å²) < 4.78 is 22.8. The number of hydrazine groups is 1. The molecule has 2 aliphatic rings. The number of rotatable bonds is 4. The first kappa shape index (κ1) is 19.6. The molecular formula is C17H20ClN3O5S. The van der Waals surface area contributed by atoms with Crippen LogP contribution in [0.4, 0.5) is 5.69 Å². The number of sulfone groups is 1. The summed E-state index contributed by atoms with van der Waals surface area (Å²) in [7, 11) is -3.05. The van der Waals surface area contributed by atoms with E-state index in [4.69, 9.17) is 11.6 Å². The van der Waals surface area contributed by atoms with Gasteiger partial charge in [-0.1, -0.05) is 11.6 Å². The number of hydrogen-bond acceptors (Lipinski definition) is 5. The van der Waals surface area contributed by atoms with Crippen molar-refractivity contribution in [1.29, 1.82) is 0 Å². The fraction of sp³-hybridized carbons (Fsp3) is 0.471. The molecule has 0 radical (unpaired) electrons. The number of amides is 3. The molecule has 1 aromatic carbocycles. The molecule has 1 aromatic rings. The molecule has 2 N–H and O–H groups in total. The highest BCUT2D eigenvalue weighted by Gasteiger charge is 2.29. The van der Waals surface area contributed by atoms with Gasteiger partial charge in [0.25, 0.3) is 5.91 Å². The van der Waals surface area contributed by atoms with Gasteiger partial charge in [0, 0.05) is 24.9 Å². The van der Waals surface area contributed by atoms with Gasteiger partial charge < -0.3 is 4.90 Å². The molecule has 2 saturated heterocycles. The monoisotopic (exact) mass is 413 g/mol. The second-order valence-corrected chi connectivity index (χ2v) is 9.43. The lowest BCUT2D eigenvalue weighted by atomic mass is 10.1. The van der Waals surface area contributed by atoms with Crippen molar-refractivity contribution in [2.45, 2.75) is 25.7 Å². The van der Waals surface area contributed by atoms with Crippen LogP contribution in [0.15, 0.2) is 18.2 Å². The van der Waals surface area contributed by atoms with Gasteiger partial charge in [0.05, 0.1) is 22.2 Å². The largest absolute Gasteiger partial charge is 0.311 e. The van der Waals surface area contributed by atoms with Crippen molar-refractivity contribution < 1.29 is 22.8 Å². The topological polar surface area (TPSA) is 113 Å². The first-order valence-corrected chi connectivity index (χ1v) is 10.8. The van der Waals surface area contributed by atoms with Gasteiger partial charge in [-0.05, 0) is 37.0 Å². The summed E-state index contributed by atoms with van der Waals surface area (Å²) in [6.45, 7) is 0.546. The molecule has 27 heavy (non-hydrogen) atoms. The van der Waals surface area contributed by atoms with Crippen LogP contribution in [0.3, 0.4) is 0 Å². The van der Waals surface area contributed by atoms with Gasteiger partial charge >= 0.3 is 0 Å². The van der Waals surface area contributed by atoms with Crippen molar-refractivity contribution in [3.63, 3.8) is 0 Å². The SMILES string of the molecule is O=C(C[C@H]1CCS(=O)(=O)C1)NNC(=O)c1ccc(Cl)c(N2CCCC2=O)c1. The van der Waals surface area contributed by atoms with E-state index in [1.165, 1.54) is 23.1 Å². The first-order chi connectivity index (χ1) is 12.7. The van der Waals surface area contributed by atoms with E-state index in [-0.39, 0.29) is 35.3 Å². The van der Waals surface area contributed by atoms with Crippen LogP contribution in [-0.4, -0.2) is 44.2 Å². The van der Waals surface area contributed by atoms with E-state index < -0.39 is 21.7 Å². The fourth-order valence-electron chi connectivity index (χ4n) is 3.31. The third-order valence-corrected chi connectivity index (χ3v) is 6.85. The normalized spacial score (nSPS) is 21.3. The number of nitrogens with zero attached hydrogens (tertiary/aromatic N) is 1. The molecule has 2 aliphatic heterocycles. The van der Waals surface area contributed by atoms with Crippen LogP contribution in [0, 0.1) is 5.92 Å². The zero-order chi connectivity index (χ0) is 19.6. The minimum atomic E-state index is -3.05. The van der Waals surface area contributed by atoms with E-state index in [9.17, 15) is 22.8 Å². The molecule has 0 spiro atoms. The Morgan fingerprint density at radius 2 is 2.04 bits per heavy atom. The van der Waals surface area contributed by atoms with E-state index in [1.54, 1.807) is 0 Å². The Bertz CT molecular complexity index is 887. The molecule has 1 atom stereocenters. The maximum Gasteiger partial charge on any atom is 0.269 e. The number of benzene rings is 1. The highest BCUT2D eigenvalue weighted by atomic mass is 35.5. The lowest BCUT2D eigenvalue weighted by Gasteiger charge is -2.18. The third-order valence-electron chi connectivity index (χ3n) is 4.69. The number of carbonyl (C=O) groups is 3. The predicted molar refractivity (Wildman–Crippen MR) is 100 cm³/mol. The highest BCUT2D eigenvalue weighted by Crippen LogP contribution is 2.30. The van der Waals surface area contributed by atoms with E-state index >= 15 is 0 Å². The van der Waals surface area contributed by atoms with Crippen molar-refractivity contribution >= 4 is 44.8 Å². The Labute approximate surface area is 162 Å². The van der Waals surface area contributed by atoms with Crippen molar-refractivity contribution in [2.24, 2.45) is 5.92 Å². The van der Waals surface area contributed by atoms with Crippen LogP contribution >= 0.6 is 11.6 Å². The van der Waals surface area contributed by atoms with Crippen LogP contribution in [0.5, 0.6) is 0 Å². The Balaban J connectivity index is 1.58. The zero-order valence-electron chi connectivity index (χ0n) is 14.5. The quantitative estimate of drug-likeness (QED) is 0.716. The predicted octanol–water partition coefficient (Wildman–Crippen LogP) is 1.05. The lowest BCUT2D eigenvalue weighted by molar-refractivity contribution is -0.122. The van der Waals surface area contributed by atoms with E-state index in [0.717, 1.165) is 6.42 Å². The Morgan fingerprint density at radius 3 is 2.67 bits per heavy atom. The smallest absolute Gasteiger partial charge is 0.269 e. The average Bonchev–Trinajstić information content (AvgIpc) is 3.18. The van der Waals surface area contributed by atoms with Gasteiger partial charge in [-0.15, -0.1) is 0 Å². The summed E-state index contributed by atoms with van der Waals surface area (Å²) >= 11 is 6.15. The summed E-state index contributed by atoms with van der Waals surface area (Å²) in [6, 6.07) is 4.54. The van der Waals surface area contributed by atoms with Crippen molar-refractivity contribution in [2.75, 3.05) is 23.0 Å². The Hall–Kier alpha value is -2.13. The lowest BCUT2D eigenvalue weighted by Crippen LogP contribution is -2.42. The molecule has 0 bridgehead atoms. The van der Waals surface area contributed by atoms with Gasteiger partial charge in [0.2, 0.25) is 11.8 Å². The molecule has 0 saturated carbocycles. The van der Waals surface area contributed by atoms with Gasteiger partial charge in [-0.3, -0.25) is 25.2 Å². The maximum absolute atomic E-state index is 12.3. The summed E-state index contributed by atoms with van der Waals surface area (Å²) in [5.74, 6) is -1.18. The van der Waals surface area contributed by atoms with E-state index in [1.807, 2.05) is 0 Å². The molecular weight excluding hydrogens is 394 g/mol. The second kappa shape index (κ2) is 7.85. The van der Waals surface area contributed by atoms with E-state index in [2.05, 4.69) is 10.9 Å². The minimum absolute atomic E-state index is 0.00122. The molecule has 3 amide bonds. The standard InChI is InChI=1S/C17H20ClN3O5S/c18-13-4-3-12(9-14(13)21-6-1-2-16(21)23)17(24)20-19-15(22)8-11-5-7-27(25,26)10-11/h3-4,9,11H,1-2,5-8,10H2,(H,19,22)(H,20,24)/t11-/m1/s1. The maximum atomic E-state index is 12.3. The first-order valence-electron chi connectivity index (χ1n) is 8.65. The summed E-state index contributed by atoms with van der Waals surface area (Å²) in [5.41, 5.74) is 5.32. The molecule has 8 nitrogen and oxygen atoms in total. The van der Waals surface area contributed by atoms with Gasteiger partial charge in [0.15, 0.2) is 9.84 Å². The second-order valence-electron chi connectivity index (χ2n) is 6.79. The molecule has 10 heteroatoms. The van der Waals surface area contributed by atoms with Crippen molar-refractivity contribution in [1.82, 2.24) is 10.9 Å². The van der Waals surface area contributed by atoms with Gasteiger partial charge in [0.1, 0.15) is 0 Å². The van der Waals surface area contributed by atoms with Crippen LogP contribution in [0.25, 0.3) is 0 Å². The number of anilines is 1. The number of nitrogens with one attached hydrogen (secondary N) is 2. The van der Waals surface area contributed by atoms with Crippen LogP contribution in [0.1, 0.15) is 36.0 Å². The van der Waals surface area contributed by atoms with Crippen molar-refractivity contribution in [3.8, 4) is 0 Å². The fourth-order valence-corrected chi connectivity index (χ4v) is 5.39. The summed E-state index contributed by atoms with van der Waals surface area (Å²) in [5, 5.41) is 0.369. The highest BCUT2D eigenvalue weighted by molar-refractivity contribution is 7.91. The van der Waals surface area contributed by atoms with Crippen LogP contribution in [0.2, 0.25) is 5.02 Å². The van der Waals surface area contributed by atoms with E-state index in [0.29, 0.717) is 30.1 Å². The molecule has 0 aromatic heterocycles. The number of halogens is 1. The molecule has 2 heterocycles. The van der Waals surface area contributed by atoms with Gasteiger partial charge in [-0.2, -0.15) is 0 Å². The molecule has 2 fully saturated rings. The average molecular weight is 414 g/mol.